The number of hydrogen-bond donors (Lipinski definition) is 2. The molecule has 2 aromatic heterocycles. The summed E-state index contributed by atoms with van der Waals surface area (Å²) in [5.41, 5.74) is 9.49. The third kappa shape index (κ3) is 7.59. The zero-order valence-electron chi connectivity index (χ0n) is 24.4. The Bertz CT molecular complexity index is 1540. The molecule has 42 heavy (non-hydrogen) atoms. The highest BCUT2D eigenvalue weighted by molar-refractivity contribution is 5.85. The summed E-state index contributed by atoms with van der Waals surface area (Å²) in [6.07, 6.45) is 1.05. The van der Waals surface area contributed by atoms with Crippen molar-refractivity contribution in [2.75, 3.05) is 20.2 Å². The Hall–Kier alpha value is -4.54. The second-order valence-corrected chi connectivity index (χ2v) is 10.8. The van der Waals surface area contributed by atoms with Crippen molar-refractivity contribution in [2.45, 2.75) is 45.6 Å². The maximum Gasteiger partial charge on any atom is 0.410 e. The van der Waals surface area contributed by atoms with Crippen molar-refractivity contribution >= 4 is 23.3 Å². The number of hydrogen-bond acceptors (Lipinski definition) is 7. The summed E-state index contributed by atoms with van der Waals surface area (Å²) in [4.78, 5) is 42.7. The molecule has 0 bridgehead atoms. The standard InChI is InChI=1S/C32H37N5O5/c1-22(38)18-36(4)31(40)42-20-26-15-10-14-25-17-34-29(37(25)26)28(35-30(39)32(2,3)33)21-41-19-24-13-8-9-16-27(24)23-11-6-5-7-12-23/h5-17,28H,18-21,33H2,1-4H3,(H,35,39)/t28-/m1/s1. The molecule has 1 atom stereocenters. The lowest BCUT2D eigenvalue weighted by Crippen LogP contribution is -2.51. The smallest absolute Gasteiger partial charge is 0.410 e. The maximum absolute atomic E-state index is 13.0. The van der Waals surface area contributed by atoms with Crippen LogP contribution in [0.4, 0.5) is 4.79 Å². The topological polar surface area (TPSA) is 128 Å². The molecule has 0 spiro atoms. The Labute approximate surface area is 245 Å². The Balaban J connectivity index is 1.59. The molecule has 0 saturated carbocycles. The number of pyridine rings is 1. The number of nitrogens with two attached hydrogens (primary N) is 1. The van der Waals surface area contributed by atoms with Gasteiger partial charge < -0.3 is 25.4 Å². The van der Waals surface area contributed by atoms with Gasteiger partial charge in [-0.2, -0.15) is 0 Å². The summed E-state index contributed by atoms with van der Waals surface area (Å²) in [5, 5.41) is 2.99. The minimum Gasteiger partial charge on any atom is -0.443 e. The fourth-order valence-corrected chi connectivity index (χ4v) is 4.50. The van der Waals surface area contributed by atoms with Gasteiger partial charge >= 0.3 is 6.09 Å². The molecule has 4 aromatic rings. The first kappa shape index (κ1) is 30.4. The number of carbonyl (C=O) groups is 3. The molecular weight excluding hydrogens is 534 g/mol. The summed E-state index contributed by atoms with van der Waals surface area (Å²) in [6, 6.07) is 22.9. The van der Waals surface area contributed by atoms with E-state index in [0.29, 0.717) is 18.1 Å². The van der Waals surface area contributed by atoms with E-state index in [0.717, 1.165) is 22.2 Å². The van der Waals surface area contributed by atoms with Gasteiger partial charge in [-0.1, -0.05) is 60.7 Å². The van der Waals surface area contributed by atoms with Crippen molar-refractivity contribution in [2.24, 2.45) is 5.73 Å². The number of ketones is 1. The lowest BCUT2D eigenvalue weighted by atomic mass is 10.0. The second kappa shape index (κ2) is 13.4. The van der Waals surface area contributed by atoms with Crippen LogP contribution >= 0.6 is 0 Å². The minimum atomic E-state index is -1.13. The van der Waals surface area contributed by atoms with Crippen LogP contribution in [0.5, 0.6) is 0 Å². The number of carbonyl (C=O) groups excluding carboxylic acids is 3. The molecule has 0 aliphatic carbocycles. The van der Waals surface area contributed by atoms with Gasteiger partial charge in [0, 0.05) is 7.05 Å². The van der Waals surface area contributed by atoms with Crippen LogP contribution in [0.2, 0.25) is 0 Å². The van der Waals surface area contributed by atoms with Crippen LogP contribution in [0.3, 0.4) is 0 Å². The summed E-state index contributed by atoms with van der Waals surface area (Å²) in [5.74, 6) is -0.0174. The van der Waals surface area contributed by atoms with E-state index in [1.165, 1.54) is 18.9 Å². The predicted molar refractivity (Wildman–Crippen MR) is 159 cm³/mol. The highest BCUT2D eigenvalue weighted by Gasteiger charge is 2.28. The van der Waals surface area contributed by atoms with Crippen molar-refractivity contribution < 1.29 is 23.9 Å². The number of likely N-dealkylation sites (N-methyl/N-ethyl adjacent to an activating group) is 1. The lowest BCUT2D eigenvalue weighted by molar-refractivity contribution is -0.126. The molecule has 2 heterocycles. The molecular formula is C32H37N5O5. The van der Waals surface area contributed by atoms with E-state index in [9.17, 15) is 14.4 Å². The van der Waals surface area contributed by atoms with Crippen LogP contribution in [0.25, 0.3) is 16.6 Å². The number of rotatable bonds is 12. The van der Waals surface area contributed by atoms with Gasteiger partial charge in [0.2, 0.25) is 5.91 Å². The normalized spacial score (nSPS) is 12.1. The van der Waals surface area contributed by atoms with Crippen molar-refractivity contribution in [1.29, 1.82) is 0 Å². The molecule has 10 heteroatoms. The van der Waals surface area contributed by atoms with Crippen LogP contribution in [-0.4, -0.2) is 57.8 Å². The zero-order valence-corrected chi connectivity index (χ0v) is 24.4. The van der Waals surface area contributed by atoms with E-state index >= 15 is 0 Å². The average Bonchev–Trinajstić information content (AvgIpc) is 3.40. The molecule has 2 amide bonds. The number of fused-ring (bicyclic) bond motifs is 1. The van der Waals surface area contributed by atoms with Gasteiger partial charge in [0.1, 0.15) is 24.3 Å². The fraction of sp³-hybridized carbons (Fsp3) is 0.312. The van der Waals surface area contributed by atoms with Crippen LogP contribution in [0.15, 0.2) is 79.0 Å². The van der Waals surface area contributed by atoms with Crippen molar-refractivity contribution in [1.82, 2.24) is 19.6 Å². The van der Waals surface area contributed by atoms with E-state index in [1.54, 1.807) is 26.1 Å². The molecule has 4 rings (SSSR count). The number of nitrogens with one attached hydrogen (secondary N) is 1. The van der Waals surface area contributed by atoms with E-state index in [4.69, 9.17) is 15.2 Å². The zero-order chi connectivity index (χ0) is 30.3. The van der Waals surface area contributed by atoms with Crippen LogP contribution in [0, 0.1) is 0 Å². The highest BCUT2D eigenvalue weighted by atomic mass is 16.6. The summed E-state index contributed by atoms with van der Waals surface area (Å²) < 4.78 is 13.5. The number of amides is 2. The number of ether oxygens (including phenoxy) is 2. The van der Waals surface area contributed by atoms with Crippen LogP contribution in [0.1, 0.15) is 43.9 Å². The summed E-state index contributed by atoms with van der Waals surface area (Å²) in [7, 11) is 1.50. The SMILES string of the molecule is CC(=O)CN(C)C(=O)OCc1cccc2cnc([C@@H](COCc3ccccc3-c3ccccc3)NC(=O)C(C)(C)N)n12. The van der Waals surface area contributed by atoms with E-state index in [-0.39, 0.29) is 31.4 Å². The molecule has 3 N–H and O–H groups in total. The highest BCUT2D eigenvalue weighted by Crippen LogP contribution is 2.25. The number of benzene rings is 2. The summed E-state index contributed by atoms with van der Waals surface area (Å²) >= 11 is 0. The molecule has 0 unspecified atom stereocenters. The van der Waals surface area contributed by atoms with Crippen LogP contribution < -0.4 is 11.1 Å². The van der Waals surface area contributed by atoms with Gasteiger partial charge in [0.15, 0.2) is 0 Å². The van der Waals surface area contributed by atoms with Gasteiger partial charge in [-0.3, -0.25) is 14.0 Å². The third-order valence-electron chi connectivity index (χ3n) is 6.62. The molecule has 0 aliphatic heterocycles. The fourth-order valence-electron chi connectivity index (χ4n) is 4.50. The van der Waals surface area contributed by atoms with Crippen LogP contribution in [-0.2, 0) is 32.3 Å². The average molecular weight is 572 g/mol. The summed E-state index contributed by atoms with van der Waals surface area (Å²) in [6.45, 7) is 4.95. The number of Topliss-reactive ketones (excluding diaryl/α,β-unsaturated/α-hetero) is 1. The van der Waals surface area contributed by atoms with Gasteiger partial charge in [-0.15, -0.1) is 0 Å². The second-order valence-electron chi connectivity index (χ2n) is 10.8. The quantitative estimate of drug-likeness (QED) is 0.260. The molecule has 0 fully saturated rings. The Morgan fingerprint density at radius 2 is 1.71 bits per heavy atom. The number of imidazole rings is 1. The van der Waals surface area contributed by atoms with Gasteiger partial charge in [0.05, 0.1) is 42.7 Å². The van der Waals surface area contributed by atoms with E-state index in [1.807, 2.05) is 71.1 Å². The van der Waals surface area contributed by atoms with Gasteiger partial charge in [-0.25, -0.2) is 9.78 Å². The first-order chi connectivity index (χ1) is 20.0. The first-order valence-corrected chi connectivity index (χ1v) is 13.7. The van der Waals surface area contributed by atoms with Gasteiger partial charge in [0.25, 0.3) is 0 Å². The van der Waals surface area contributed by atoms with Crippen molar-refractivity contribution in [3.05, 3.63) is 96.1 Å². The first-order valence-electron chi connectivity index (χ1n) is 13.7. The molecule has 2 aromatic carbocycles. The molecule has 220 valence electrons. The Morgan fingerprint density at radius 1 is 1.00 bits per heavy atom. The molecule has 10 nitrogen and oxygen atoms in total. The van der Waals surface area contributed by atoms with Crippen molar-refractivity contribution in [3.63, 3.8) is 0 Å². The minimum absolute atomic E-state index is 0.0485. The largest absolute Gasteiger partial charge is 0.443 e. The Morgan fingerprint density at radius 3 is 2.43 bits per heavy atom. The molecule has 0 radical (unpaired) electrons. The molecule has 0 aliphatic rings. The third-order valence-corrected chi connectivity index (χ3v) is 6.62. The number of aromatic nitrogens is 2. The monoisotopic (exact) mass is 571 g/mol. The molecule has 0 saturated heterocycles. The maximum atomic E-state index is 13.0. The van der Waals surface area contributed by atoms with Gasteiger partial charge in [-0.05, 0) is 49.6 Å². The van der Waals surface area contributed by atoms with E-state index < -0.39 is 17.7 Å². The lowest BCUT2D eigenvalue weighted by Gasteiger charge is -2.24. The number of nitrogens with zero attached hydrogens (tertiary/aromatic N) is 3. The van der Waals surface area contributed by atoms with Crippen molar-refractivity contribution in [3.8, 4) is 11.1 Å². The van der Waals surface area contributed by atoms with E-state index in [2.05, 4.69) is 10.3 Å². The Kier molecular flexibility index (Phi) is 9.72. The predicted octanol–water partition coefficient (Wildman–Crippen LogP) is 4.27.